The molecule has 186 valence electrons. The zero-order valence-corrected chi connectivity index (χ0v) is 22.0. The average Bonchev–Trinajstić information content (AvgIpc) is 3.15. The number of hydrazone groups is 1. The van der Waals surface area contributed by atoms with E-state index in [2.05, 4.69) is 15.5 Å². The molecule has 2 aromatic heterocycles. The lowest BCUT2D eigenvalue weighted by molar-refractivity contribution is -0.121. The first-order chi connectivity index (χ1) is 17.3. The van der Waals surface area contributed by atoms with Gasteiger partial charge in [0.25, 0.3) is 11.5 Å². The normalized spacial score (nSPS) is 11.2. The van der Waals surface area contributed by atoms with E-state index in [1.165, 1.54) is 35.6 Å². The minimum absolute atomic E-state index is 0.169. The van der Waals surface area contributed by atoms with Crippen molar-refractivity contribution in [3.05, 3.63) is 84.7 Å². The molecule has 0 aliphatic carbocycles. The Balaban J connectivity index is 1.40. The first-order valence-corrected chi connectivity index (χ1v) is 12.4. The molecule has 2 heterocycles. The van der Waals surface area contributed by atoms with Crippen molar-refractivity contribution in [3.63, 3.8) is 0 Å². The fraction of sp³-hybridized carbons (Fsp3) is 0.200. The Morgan fingerprint density at radius 1 is 1.19 bits per heavy atom. The molecule has 11 heteroatoms. The monoisotopic (exact) mass is 544 g/mol. The molecule has 2 aromatic carbocycles. The number of fused-ring (bicyclic) bond motifs is 1. The summed E-state index contributed by atoms with van der Waals surface area (Å²) in [5, 5.41) is 5.55. The van der Waals surface area contributed by atoms with E-state index in [9.17, 15) is 9.59 Å². The summed E-state index contributed by atoms with van der Waals surface area (Å²) in [6.07, 6.45) is 2.84. The zero-order chi connectivity index (χ0) is 25.8. The van der Waals surface area contributed by atoms with Crippen LogP contribution in [-0.4, -0.2) is 28.8 Å². The third kappa shape index (κ3) is 5.53. The maximum absolute atomic E-state index is 12.7. The van der Waals surface area contributed by atoms with Crippen LogP contribution < -0.4 is 20.5 Å². The Kier molecular flexibility index (Phi) is 7.93. The highest BCUT2D eigenvalue weighted by Gasteiger charge is 2.14. The number of aromatic nitrogens is 2. The summed E-state index contributed by atoms with van der Waals surface area (Å²) < 4.78 is 12.5. The van der Waals surface area contributed by atoms with Crippen molar-refractivity contribution in [2.24, 2.45) is 5.10 Å². The molecule has 4 aromatic rings. The molecule has 0 fully saturated rings. The van der Waals surface area contributed by atoms with E-state index in [4.69, 9.17) is 32.7 Å². The van der Waals surface area contributed by atoms with Crippen molar-refractivity contribution in [2.75, 3.05) is 7.11 Å². The number of carbonyl (C=O) groups excluding carboxylic acids is 1. The van der Waals surface area contributed by atoms with E-state index in [1.54, 1.807) is 36.4 Å². The van der Waals surface area contributed by atoms with Crippen LogP contribution in [0.15, 0.2) is 52.6 Å². The van der Waals surface area contributed by atoms with Crippen LogP contribution in [0, 0.1) is 13.8 Å². The van der Waals surface area contributed by atoms with Crippen LogP contribution in [0.2, 0.25) is 10.0 Å². The smallest absolute Gasteiger partial charge is 0.262 e. The molecule has 36 heavy (non-hydrogen) atoms. The number of carbonyl (C=O) groups is 1. The van der Waals surface area contributed by atoms with Crippen molar-refractivity contribution in [2.45, 2.75) is 27.0 Å². The van der Waals surface area contributed by atoms with Gasteiger partial charge >= 0.3 is 0 Å². The van der Waals surface area contributed by atoms with Crippen LogP contribution in [0.3, 0.4) is 0 Å². The number of aryl methyl sites for hydroxylation is 2. The van der Waals surface area contributed by atoms with Crippen molar-refractivity contribution in [1.29, 1.82) is 0 Å². The average molecular weight is 545 g/mol. The summed E-state index contributed by atoms with van der Waals surface area (Å²) in [6, 6.07) is 10.4. The Morgan fingerprint density at radius 3 is 2.67 bits per heavy atom. The molecule has 0 saturated heterocycles. The van der Waals surface area contributed by atoms with E-state index in [0.717, 1.165) is 10.4 Å². The van der Waals surface area contributed by atoms with Crippen molar-refractivity contribution in [1.82, 2.24) is 15.0 Å². The molecule has 0 spiro atoms. The Morgan fingerprint density at radius 2 is 1.94 bits per heavy atom. The quantitative estimate of drug-likeness (QED) is 0.245. The molecule has 4 rings (SSSR count). The van der Waals surface area contributed by atoms with E-state index < -0.39 is 5.91 Å². The number of benzene rings is 2. The molecule has 0 unspecified atom stereocenters. The molecule has 0 aliphatic heterocycles. The summed E-state index contributed by atoms with van der Waals surface area (Å²) in [6.45, 7) is 3.79. The van der Waals surface area contributed by atoms with Crippen molar-refractivity contribution in [3.8, 4) is 11.5 Å². The minimum Gasteiger partial charge on any atom is -0.493 e. The molecule has 0 saturated carbocycles. The number of hydrogen-bond acceptors (Lipinski definition) is 7. The highest BCUT2D eigenvalue weighted by atomic mass is 35.5. The SMILES string of the molecule is COc1cc(C=NNC(=O)Cn2cnc3sc(C)c(C)c3c2=O)ccc1OCc1c(Cl)cccc1Cl. The number of nitrogens with one attached hydrogen (secondary N) is 1. The second kappa shape index (κ2) is 11.1. The van der Waals surface area contributed by atoms with Crippen LogP contribution in [0.25, 0.3) is 10.2 Å². The van der Waals surface area contributed by atoms with Gasteiger partial charge in [0, 0.05) is 20.5 Å². The van der Waals surface area contributed by atoms with E-state index in [1.807, 2.05) is 13.8 Å². The number of amides is 1. The van der Waals surface area contributed by atoms with Gasteiger partial charge in [-0.15, -0.1) is 11.3 Å². The number of halogens is 2. The lowest BCUT2D eigenvalue weighted by atomic mass is 10.2. The summed E-state index contributed by atoms with van der Waals surface area (Å²) in [4.78, 5) is 31.1. The molecular weight excluding hydrogens is 523 g/mol. The largest absolute Gasteiger partial charge is 0.493 e. The van der Waals surface area contributed by atoms with Gasteiger partial charge in [-0.25, -0.2) is 10.4 Å². The third-order valence-corrected chi connectivity index (χ3v) is 7.32. The van der Waals surface area contributed by atoms with Crippen LogP contribution in [0.1, 0.15) is 21.6 Å². The van der Waals surface area contributed by atoms with Gasteiger partial charge in [0.1, 0.15) is 18.0 Å². The number of methoxy groups -OCH3 is 1. The molecule has 1 N–H and O–H groups in total. The van der Waals surface area contributed by atoms with Gasteiger partial charge in [-0.3, -0.25) is 14.2 Å². The maximum atomic E-state index is 12.7. The standard InChI is InChI=1S/C25H22Cl2N4O4S/c1-14-15(2)36-24-23(14)25(33)31(13-28-24)11-22(32)30-29-10-16-7-8-20(21(9-16)34-3)35-12-17-18(26)5-4-6-19(17)27/h4-10,13H,11-12H2,1-3H3,(H,30,32). The van der Waals surface area contributed by atoms with Gasteiger partial charge in [-0.05, 0) is 55.3 Å². The second-order valence-corrected chi connectivity index (χ2v) is 9.85. The molecule has 0 radical (unpaired) electrons. The summed E-state index contributed by atoms with van der Waals surface area (Å²) in [5.41, 5.74) is 4.41. The Labute approximate surface area is 221 Å². The highest BCUT2D eigenvalue weighted by Crippen LogP contribution is 2.31. The van der Waals surface area contributed by atoms with E-state index >= 15 is 0 Å². The van der Waals surface area contributed by atoms with E-state index in [0.29, 0.717) is 42.9 Å². The lowest BCUT2D eigenvalue weighted by Crippen LogP contribution is -2.30. The highest BCUT2D eigenvalue weighted by molar-refractivity contribution is 7.18. The van der Waals surface area contributed by atoms with Crippen molar-refractivity contribution < 1.29 is 14.3 Å². The van der Waals surface area contributed by atoms with Gasteiger partial charge in [-0.2, -0.15) is 5.10 Å². The zero-order valence-electron chi connectivity index (χ0n) is 19.7. The number of hydrogen-bond donors (Lipinski definition) is 1. The fourth-order valence-electron chi connectivity index (χ4n) is 3.46. The van der Waals surface area contributed by atoms with Crippen molar-refractivity contribution >= 4 is 56.9 Å². The molecule has 0 atom stereocenters. The molecule has 0 bridgehead atoms. The van der Waals surface area contributed by atoms with Gasteiger partial charge in [0.2, 0.25) is 0 Å². The van der Waals surface area contributed by atoms with Gasteiger partial charge in [-0.1, -0.05) is 29.3 Å². The van der Waals surface area contributed by atoms with Crippen LogP contribution in [0.4, 0.5) is 0 Å². The Bertz CT molecular complexity index is 1510. The van der Waals surface area contributed by atoms with Gasteiger partial charge < -0.3 is 9.47 Å². The van der Waals surface area contributed by atoms with Crippen LogP contribution in [0.5, 0.6) is 11.5 Å². The second-order valence-electron chi connectivity index (χ2n) is 7.83. The molecule has 0 aliphatic rings. The summed E-state index contributed by atoms with van der Waals surface area (Å²) in [5.74, 6) is 0.513. The number of nitrogens with zero attached hydrogens (tertiary/aromatic N) is 3. The molecule has 1 amide bonds. The predicted molar refractivity (Wildman–Crippen MR) is 143 cm³/mol. The number of rotatable bonds is 8. The summed E-state index contributed by atoms with van der Waals surface area (Å²) >= 11 is 13.9. The molecule has 8 nitrogen and oxygen atoms in total. The lowest BCUT2D eigenvalue weighted by Gasteiger charge is -2.13. The van der Waals surface area contributed by atoms with Crippen LogP contribution in [-0.2, 0) is 17.9 Å². The van der Waals surface area contributed by atoms with Gasteiger partial charge in [0.15, 0.2) is 11.5 Å². The molecular formula is C25H22Cl2N4O4S. The maximum Gasteiger partial charge on any atom is 0.262 e. The number of ether oxygens (including phenoxy) is 2. The number of thiophene rings is 1. The van der Waals surface area contributed by atoms with Crippen LogP contribution >= 0.6 is 34.5 Å². The first-order valence-electron chi connectivity index (χ1n) is 10.8. The van der Waals surface area contributed by atoms with Gasteiger partial charge in [0.05, 0.1) is 25.0 Å². The Hall–Kier alpha value is -3.40. The minimum atomic E-state index is -0.456. The fourth-order valence-corrected chi connectivity index (χ4v) is 4.95. The summed E-state index contributed by atoms with van der Waals surface area (Å²) in [7, 11) is 1.52. The third-order valence-electron chi connectivity index (χ3n) is 5.49. The first kappa shape index (κ1) is 25.7. The topological polar surface area (TPSA) is 94.8 Å². The van der Waals surface area contributed by atoms with E-state index in [-0.39, 0.29) is 18.7 Å². The predicted octanol–water partition coefficient (Wildman–Crippen LogP) is 5.12.